The van der Waals surface area contributed by atoms with Crippen molar-refractivity contribution in [2.75, 3.05) is 11.9 Å². The molecule has 3 rings (SSSR count). The van der Waals surface area contributed by atoms with Crippen LogP contribution in [0.25, 0.3) is 10.2 Å². The van der Waals surface area contributed by atoms with Crippen molar-refractivity contribution in [1.82, 2.24) is 19.9 Å². The molecule has 0 aliphatic heterocycles. The molecule has 0 fully saturated rings. The molecular formula is C13H15N5S. The van der Waals surface area contributed by atoms with Crippen LogP contribution >= 0.6 is 11.3 Å². The molecule has 0 radical (unpaired) electrons. The summed E-state index contributed by atoms with van der Waals surface area (Å²) in [5.41, 5.74) is 1.26. The van der Waals surface area contributed by atoms with Gasteiger partial charge in [-0.2, -0.15) is 0 Å². The number of aromatic amines is 1. The van der Waals surface area contributed by atoms with Crippen LogP contribution in [-0.2, 0) is 6.42 Å². The molecule has 98 valence electrons. The van der Waals surface area contributed by atoms with Crippen LogP contribution in [0.3, 0.4) is 0 Å². The molecule has 0 aliphatic rings. The highest BCUT2D eigenvalue weighted by Gasteiger charge is 2.11. The molecule has 0 bridgehead atoms. The van der Waals surface area contributed by atoms with E-state index in [2.05, 4.69) is 39.1 Å². The summed E-state index contributed by atoms with van der Waals surface area (Å²) in [4.78, 5) is 18.3. The van der Waals surface area contributed by atoms with Crippen LogP contribution in [0.4, 0.5) is 5.82 Å². The van der Waals surface area contributed by atoms with E-state index in [0.29, 0.717) is 0 Å². The van der Waals surface area contributed by atoms with E-state index in [9.17, 15) is 0 Å². The molecule has 6 heteroatoms. The minimum absolute atomic E-state index is 0.800. The standard InChI is InChI=1S/C13H15N5S/c1-8-9(2)19-13-11(8)12(17-7-18-13)16-4-3-10-14-5-6-15-10/h5-7H,3-4H2,1-2H3,(H,14,15)(H,16,17,18). The smallest absolute Gasteiger partial charge is 0.138 e. The van der Waals surface area contributed by atoms with Gasteiger partial charge in [0, 0.05) is 30.2 Å². The number of thiophene rings is 1. The zero-order valence-corrected chi connectivity index (χ0v) is 11.7. The maximum Gasteiger partial charge on any atom is 0.138 e. The van der Waals surface area contributed by atoms with Crippen molar-refractivity contribution in [3.05, 3.63) is 35.0 Å². The lowest BCUT2D eigenvalue weighted by atomic mass is 10.2. The molecule has 0 atom stereocenters. The average Bonchev–Trinajstić information content (AvgIpc) is 3.00. The Bertz CT molecular complexity index is 686. The fraction of sp³-hybridized carbons (Fsp3) is 0.308. The third-order valence-electron chi connectivity index (χ3n) is 3.17. The fourth-order valence-corrected chi connectivity index (χ4v) is 3.05. The number of rotatable bonds is 4. The largest absolute Gasteiger partial charge is 0.369 e. The van der Waals surface area contributed by atoms with Crippen LogP contribution in [0.2, 0.25) is 0 Å². The van der Waals surface area contributed by atoms with Crippen LogP contribution in [0.1, 0.15) is 16.3 Å². The van der Waals surface area contributed by atoms with Crippen molar-refractivity contribution < 1.29 is 0 Å². The normalized spacial score (nSPS) is 11.1. The number of hydrogen-bond acceptors (Lipinski definition) is 5. The predicted octanol–water partition coefficient (Wildman–Crippen LogP) is 2.69. The quantitative estimate of drug-likeness (QED) is 0.767. The number of aryl methyl sites for hydroxylation is 2. The first-order chi connectivity index (χ1) is 9.25. The van der Waals surface area contributed by atoms with Gasteiger partial charge in [0.15, 0.2) is 0 Å². The molecule has 5 nitrogen and oxygen atoms in total. The number of nitrogens with zero attached hydrogens (tertiary/aromatic N) is 3. The van der Waals surface area contributed by atoms with Crippen molar-refractivity contribution in [3.63, 3.8) is 0 Å². The molecule has 0 spiro atoms. The summed E-state index contributed by atoms with van der Waals surface area (Å²) >= 11 is 1.71. The number of aromatic nitrogens is 4. The van der Waals surface area contributed by atoms with E-state index < -0.39 is 0 Å². The summed E-state index contributed by atoms with van der Waals surface area (Å²) < 4.78 is 0. The Kier molecular flexibility index (Phi) is 3.16. The topological polar surface area (TPSA) is 66.5 Å². The van der Waals surface area contributed by atoms with Gasteiger partial charge in [-0.1, -0.05) is 0 Å². The van der Waals surface area contributed by atoms with Crippen LogP contribution < -0.4 is 5.32 Å². The lowest BCUT2D eigenvalue weighted by Gasteiger charge is -2.06. The van der Waals surface area contributed by atoms with E-state index in [4.69, 9.17) is 0 Å². The number of hydrogen-bond donors (Lipinski definition) is 2. The molecule has 0 saturated carbocycles. The zero-order chi connectivity index (χ0) is 13.2. The molecule has 0 aliphatic carbocycles. The summed E-state index contributed by atoms with van der Waals surface area (Å²) in [6, 6.07) is 0. The lowest BCUT2D eigenvalue weighted by molar-refractivity contribution is 0.922. The fourth-order valence-electron chi connectivity index (χ4n) is 2.05. The second-order valence-electron chi connectivity index (χ2n) is 4.40. The minimum Gasteiger partial charge on any atom is -0.369 e. The van der Waals surface area contributed by atoms with Gasteiger partial charge < -0.3 is 10.3 Å². The number of imidazole rings is 1. The Hall–Kier alpha value is -1.95. The molecular weight excluding hydrogens is 258 g/mol. The maximum absolute atomic E-state index is 4.35. The van der Waals surface area contributed by atoms with Crippen molar-refractivity contribution >= 4 is 27.4 Å². The molecule has 3 heterocycles. The molecule has 3 aromatic heterocycles. The Morgan fingerprint density at radius 2 is 2.16 bits per heavy atom. The number of nitrogens with one attached hydrogen (secondary N) is 2. The monoisotopic (exact) mass is 273 g/mol. The summed E-state index contributed by atoms with van der Waals surface area (Å²) in [7, 11) is 0. The number of H-pyrrole nitrogens is 1. The van der Waals surface area contributed by atoms with Gasteiger partial charge in [-0.05, 0) is 19.4 Å². The Morgan fingerprint density at radius 3 is 2.95 bits per heavy atom. The van der Waals surface area contributed by atoms with E-state index in [1.54, 1.807) is 23.9 Å². The second kappa shape index (κ2) is 4.97. The molecule has 19 heavy (non-hydrogen) atoms. The summed E-state index contributed by atoms with van der Waals surface area (Å²) in [5, 5.41) is 4.52. The number of fused-ring (bicyclic) bond motifs is 1. The van der Waals surface area contributed by atoms with E-state index in [0.717, 1.165) is 34.8 Å². The van der Waals surface area contributed by atoms with E-state index in [1.165, 1.54) is 10.4 Å². The molecule has 0 unspecified atom stereocenters. The third-order valence-corrected chi connectivity index (χ3v) is 4.29. The molecule has 0 amide bonds. The first-order valence-electron chi connectivity index (χ1n) is 6.18. The van der Waals surface area contributed by atoms with Crippen molar-refractivity contribution in [2.24, 2.45) is 0 Å². The van der Waals surface area contributed by atoms with E-state index >= 15 is 0 Å². The van der Waals surface area contributed by atoms with Crippen LogP contribution in [0.15, 0.2) is 18.7 Å². The van der Waals surface area contributed by atoms with Gasteiger partial charge in [-0.25, -0.2) is 15.0 Å². The zero-order valence-electron chi connectivity index (χ0n) is 10.9. The van der Waals surface area contributed by atoms with Crippen molar-refractivity contribution in [1.29, 1.82) is 0 Å². The van der Waals surface area contributed by atoms with Gasteiger partial charge in [0.2, 0.25) is 0 Å². The molecule has 3 aromatic rings. The van der Waals surface area contributed by atoms with Gasteiger partial charge >= 0.3 is 0 Å². The SMILES string of the molecule is Cc1sc2ncnc(NCCc3ncc[nH]3)c2c1C. The van der Waals surface area contributed by atoms with Crippen molar-refractivity contribution in [3.8, 4) is 0 Å². The second-order valence-corrected chi connectivity index (χ2v) is 5.60. The molecule has 2 N–H and O–H groups in total. The Morgan fingerprint density at radius 1 is 1.26 bits per heavy atom. The van der Waals surface area contributed by atoms with Gasteiger partial charge in [0.1, 0.15) is 22.8 Å². The van der Waals surface area contributed by atoms with Gasteiger partial charge in [-0.3, -0.25) is 0 Å². The summed E-state index contributed by atoms with van der Waals surface area (Å²) in [5.74, 6) is 1.90. The summed E-state index contributed by atoms with van der Waals surface area (Å²) in [6.07, 6.45) is 6.07. The molecule has 0 aromatic carbocycles. The maximum atomic E-state index is 4.35. The number of anilines is 1. The first-order valence-corrected chi connectivity index (χ1v) is 7.00. The third kappa shape index (κ3) is 2.31. The highest BCUT2D eigenvalue weighted by molar-refractivity contribution is 7.18. The molecule has 0 saturated heterocycles. The lowest BCUT2D eigenvalue weighted by Crippen LogP contribution is -2.07. The van der Waals surface area contributed by atoms with Crippen LogP contribution in [0.5, 0.6) is 0 Å². The van der Waals surface area contributed by atoms with Gasteiger partial charge in [0.25, 0.3) is 0 Å². The first kappa shape index (κ1) is 12.1. The minimum atomic E-state index is 0.800. The van der Waals surface area contributed by atoms with E-state index in [-0.39, 0.29) is 0 Å². The summed E-state index contributed by atoms with van der Waals surface area (Å²) in [6.45, 7) is 5.04. The van der Waals surface area contributed by atoms with E-state index in [1.807, 2.05) is 6.20 Å². The van der Waals surface area contributed by atoms with Crippen LogP contribution in [-0.4, -0.2) is 26.5 Å². The Balaban J connectivity index is 1.80. The van der Waals surface area contributed by atoms with Crippen molar-refractivity contribution in [2.45, 2.75) is 20.3 Å². The average molecular weight is 273 g/mol. The highest BCUT2D eigenvalue weighted by Crippen LogP contribution is 2.32. The van der Waals surface area contributed by atoms with Crippen LogP contribution in [0, 0.1) is 13.8 Å². The highest BCUT2D eigenvalue weighted by atomic mass is 32.1. The Labute approximate surface area is 115 Å². The van der Waals surface area contributed by atoms with Gasteiger partial charge in [0.05, 0.1) is 5.39 Å². The predicted molar refractivity (Wildman–Crippen MR) is 77.7 cm³/mol. The van der Waals surface area contributed by atoms with Gasteiger partial charge in [-0.15, -0.1) is 11.3 Å².